The second kappa shape index (κ2) is 10.2. The number of ether oxygens (including phenoxy) is 3. The van der Waals surface area contributed by atoms with Crippen molar-refractivity contribution in [3.05, 3.63) is 71.3 Å². The Labute approximate surface area is 178 Å². The van der Waals surface area contributed by atoms with Gasteiger partial charge in [0.25, 0.3) is 0 Å². The zero-order valence-corrected chi connectivity index (χ0v) is 19.2. The molecule has 0 fully saturated rings. The number of carbonyl (C=O) groups is 2. The lowest BCUT2D eigenvalue weighted by molar-refractivity contribution is -0.137. The van der Waals surface area contributed by atoms with Crippen molar-refractivity contribution in [1.29, 1.82) is 0 Å². The Hall–Kier alpha value is -2.90. The topological polar surface area (TPSA) is 71.1 Å². The Morgan fingerprint density at radius 3 is 2.07 bits per heavy atom. The first-order chi connectivity index (χ1) is 14.2. The molecule has 160 valence electrons. The standard InChI is InChI=1S/C23H28O6Si/c1-26-18-11-7-9-16(13-18)21(24)15-20(23(25)28-3)22(29-30(4,5)6)17-10-8-12-19(14-17)27-2/h7-15,22H,1-6H3/b20-15-. The fourth-order valence-corrected chi connectivity index (χ4v) is 3.80. The van der Waals surface area contributed by atoms with Crippen molar-refractivity contribution in [1.82, 2.24) is 0 Å². The van der Waals surface area contributed by atoms with Gasteiger partial charge in [-0.25, -0.2) is 4.79 Å². The lowest BCUT2D eigenvalue weighted by atomic mass is 9.98. The minimum Gasteiger partial charge on any atom is -0.497 e. The summed E-state index contributed by atoms with van der Waals surface area (Å²) in [7, 11) is 2.26. The second-order valence-electron chi connectivity index (χ2n) is 7.57. The van der Waals surface area contributed by atoms with Crippen LogP contribution in [0.4, 0.5) is 0 Å². The fourth-order valence-electron chi connectivity index (χ4n) is 2.83. The fraction of sp³-hybridized carbons (Fsp3) is 0.304. The molecule has 1 unspecified atom stereocenters. The average Bonchev–Trinajstić information content (AvgIpc) is 2.74. The van der Waals surface area contributed by atoms with E-state index in [2.05, 4.69) is 0 Å². The van der Waals surface area contributed by atoms with Crippen molar-refractivity contribution < 1.29 is 28.2 Å². The normalized spacial score (nSPS) is 12.8. The molecular weight excluding hydrogens is 400 g/mol. The summed E-state index contributed by atoms with van der Waals surface area (Å²) in [6.45, 7) is 6.04. The third-order valence-electron chi connectivity index (χ3n) is 4.21. The van der Waals surface area contributed by atoms with Crippen LogP contribution in [0.2, 0.25) is 19.6 Å². The minimum absolute atomic E-state index is 0.126. The maximum Gasteiger partial charge on any atom is 0.336 e. The van der Waals surface area contributed by atoms with Gasteiger partial charge >= 0.3 is 5.97 Å². The van der Waals surface area contributed by atoms with Crippen LogP contribution < -0.4 is 9.47 Å². The Bertz CT molecular complexity index is 929. The van der Waals surface area contributed by atoms with Crippen LogP contribution in [-0.4, -0.2) is 41.4 Å². The van der Waals surface area contributed by atoms with E-state index in [4.69, 9.17) is 18.6 Å². The molecule has 0 spiro atoms. The highest BCUT2D eigenvalue weighted by atomic mass is 28.4. The van der Waals surface area contributed by atoms with Gasteiger partial charge in [0.1, 0.15) is 17.6 Å². The monoisotopic (exact) mass is 428 g/mol. The number of hydrogen-bond acceptors (Lipinski definition) is 6. The van der Waals surface area contributed by atoms with Crippen LogP contribution in [0.5, 0.6) is 11.5 Å². The van der Waals surface area contributed by atoms with E-state index < -0.39 is 20.4 Å². The summed E-state index contributed by atoms with van der Waals surface area (Å²) in [5, 5.41) is 0. The summed E-state index contributed by atoms with van der Waals surface area (Å²) < 4.78 is 21.8. The van der Waals surface area contributed by atoms with E-state index >= 15 is 0 Å². The molecule has 7 heteroatoms. The molecule has 0 heterocycles. The number of methoxy groups -OCH3 is 3. The number of esters is 1. The van der Waals surface area contributed by atoms with E-state index in [0.717, 1.165) is 0 Å². The summed E-state index contributed by atoms with van der Waals surface area (Å²) in [6.07, 6.45) is 0.513. The van der Waals surface area contributed by atoms with E-state index in [1.165, 1.54) is 20.3 Å². The Balaban J connectivity index is 2.58. The molecule has 0 aliphatic heterocycles. The Kier molecular flexibility index (Phi) is 7.97. The molecule has 0 N–H and O–H groups in total. The molecule has 0 aromatic heterocycles. The molecule has 0 radical (unpaired) electrons. The van der Waals surface area contributed by atoms with Crippen molar-refractivity contribution in [2.24, 2.45) is 0 Å². The van der Waals surface area contributed by atoms with Gasteiger partial charge in [-0.1, -0.05) is 24.3 Å². The smallest absolute Gasteiger partial charge is 0.336 e. The van der Waals surface area contributed by atoms with Gasteiger partial charge in [0.2, 0.25) is 0 Å². The maximum absolute atomic E-state index is 13.0. The number of benzene rings is 2. The molecule has 0 saturated carbocycles. The van der Waals surface area contributed by atoms with Crippen LogP contribution in [0.25, 0.3) is 0 Å². The first-order valence-electron chi connectivity index (χ1n) is 9.48. The summed E-state index contributed by atoms with van der Waals surface area (Å²) in [5.41, 5.74) is 1.22. The van der Waals surface area contributed by atoms with Gasteiger partial charge in [-0.3, -0.25) is 4.79 Å². The zero-order chi connectivity index (χ0) is 22.3. The van der Waals surface area contributed by atoms with Gasteiger partial charge in [-0.15, -0.1) is 0 Å². The van der Waals surface area contributed by atoms with Crippen molar-refractivity contribution in [2.75, 3.05) is 21.3 Å². The molecule has 2 rings (SSSR count). The van der Waals surface area contributed by atoms with E-state index in [1.54, 1.807) is 43.5 Å². The first kappa shape index (κ1) is 23.4. The lowest BCUT2D eigenvalue weighted by Gasteiger charge is -2.28. The summed E-state index contributed by atoms with van der Waals surface area (Å²) >= 11 is 0. The highest BCUT2D eigenvalue weighted by Crippen LogP contribution is 2.32. The number of hydrogen-bond donors (Lipinski definition) is 0. The van der Waals surface area contributed by atoms with Crippen molar-refractivity contribution in [3.63, 3.8) is 0 Å². The Morgan fingerprint density at radius 1 is 0.900 bits per heavy atom. The van der Waals surface area contributed by atoms with E-state index in [-0.39, 0.29) is 11.4 Å². The van der Waals surface area contributed by atoms with E-state index in [9.17, 15) is 9.59 Å². The largest absolute Gasteiger partial charge is 0.497 e. The SMILES string of the molecule is COC(=O)/C(=C\C(=O)c1cccc(OC)c1)C(O[Si](C)(C)C)c1cccc(OC)c1. The average molecular weight is 429 g/mol. The van der Waals surface area contributed by atoms with Crippen LogP contribution in [0.1, 0.15) is 22.0 Å². The molecule has 0 aliphatic rings. The van der Waals surface area contributed by atoms with Crippen LogP contribution in [0.15, 0.2) is 60.2 Å². The third kappa shape index (κ3) is 6.30. The molecule has 6 nitrogen and oxygen atoms in total. The van der Waals surface area contributed by atoms with Gasteiger partial charge in [0, 0.05) is 5.56 Å². The summed E-state index contributed by atoms with van der Waals surface area (Å²) in [6, 6.07) is 14.0. The number of allylic oxidation sites excluding steroid dienone is 1. The lowest BCUT2D eigenvalue weighted by Crippen LogP contribution is -2.31. The maximum atomic E-state index is 13.0. The van der Waals surface area contributed by atoms with Gasteiger partial charge in [-0.05, 0) is 55.5 Å². The second-order valence-corrected chi connectivity index (χ2v) is 12.0. The van der Waals surface area contributed by atoms with Crippen LogP contribution in [0.3, 0.4) is 0 Å². The zero-order valence-electron chi connectivity index (χ0n) is 18.2. The molecule has 0 aliphatic carbocycles. The minimum atomic E-state index is -2.12. The predicted molar refractivity (Wildman–Crippen MR) is 118 cm³/mol. The molecule has 0 amide bonds. The van der Waals surface area contributed by atoms with Crippen molar-refractivity contribution in [2.45, 2.75) is 25.7 Å². The molecule has 2 aromatic carbocycles. The number of carbonyl (C=O) groups excluding carboxylic acids is 2. The quantitative estimate of drug-likeness (QED) is 0.252. The molecule has 2 aromatic rings. The number of ketones is 1. The molecule has 1 atom stereocenters. The molecular formula is C23H28O6Si. The Morgan fingerprint density at radius 2 is 1.50 bits per heavy atom. The molecule has 0 saturated heterocycles. The first-order valence-corrected chi connectivity index (χ1v) is 12.9. The predicted octanol–water partition coefficient (Wildman–Crippen LogP) is 4.58. The van der Waals surface area contributed by atoms with Gasteiger partial charge in [0.05, 0.1) is 26.9 Å². The van der Waals surface area contributed by atoms with Crippen molar-refractivity contribution in [3.8, 4) is 11.5 Å². The van der Waals surface area contributed by atoms with Crippen LogP contribution in [0, 0.1) is 0 Å². The molecule has 30 heavy (non-hydrogen) atoms. The highest BCUT2D eigenvalue weighted by molar-refractivity contribution is 6.69. The van der Waals surface area contributed by atoms with Crippen LogP contribution >= 0.6 is 0 Å². The third-order valence-corrected chi connectivity index (χ3v) is 5.16. The number of rotatable bonds is 9. The van der Waals surface area contributed by atoms with Gasteiger partial charge in [-0.2, -0.15) is 0 Å². The van der Waals surface area contributed by atoms with Crippen molar-refractivity contribution >= 4 is 20.1 Å². The van der Waals surface area contributed by atoms with Crippen LogP contribution in [-0.2, 0) is 14.0 Å². The van der Waals surface area contributed by atoms with Gasteiger partial charge in [0.15, 0.2) is 14.1 Å². The summed E-state index contributed by atoms with van der Waals surface area (Å²) in [4.78, 5) is 25.7. The molecule has 0 bridgehead atoms. The van der Waals surface area contributed by atoms with Gasteiger partial charge < -0.3 is 18.6 Å². The van der Waals surface area contributed by atoms with E-state index in [0.29, 0.717) is 22.6 Å². The summed E-state index contributed by atoms with van der Waals surface area (Å²) in [5.74, 6) is 0.204. The van der Waals surface area contributed by atoms with E-state index in [1.807, 2.05) is 31.8 Å². The highest BCUT2D eigenvalue weighted by Gasteiger charge is 2.31.